The van der Waals surface area contributed by atoms with Crippen molar-refractivity contribution >= 4 is 34.2 Å². The Kier molecular flexibility index (Phi) is 5.48. The second-order valence-electron chi connectivity index (χ2n) is 4.82. The lowest BCUT2D eigenvalue weighted by atomic mass is 10.1. The van der Waals surface area contributed by atoms with Gasteiger partial charge in [0.05, 0.1) is 25.3 Å². The number of halogens is 2. The van der Waals surface area contributed by atoms with Crippen LogP contribution in [-0.2, 0) is 9.47 Å². The normalized spacial score (nSPS) is 10.3. The highest BCUT2D eigenvalue weighted by molar-refractivity contribution is 7.18. The molecular weight excluding hydrogens is 356 g/mol. The van der Waals surface area contributed by atoms with Gasteiger partial charge >= 0.3 is 11.9 Å². The molecule has 0 aliphatic heterocycles. The number of hydrogen-bond acceptors (Lipinski definition) is 6. The van der Waals surface area contributed by atoms with E-state index in [0.29, 0.717) is 6.07 Å². The van der Waals surface area contributed by atoms with Crippen LogP contribution in [0, 0.1) is 18.6 Å². The molecule has 1 aromatic heterocycles. The van der Waals surface area contributed by atoms with E-state index in [2.05, 4.69) is 14.8 Å². The number of hydrogen-bond donors (Lipinski definition) is 1. The lowest BCUT2D eigenvalue weighted by Crippen LogP contribution is -2.15. The predicted octanol–water partition coefficient (Wildman–Crippen LogP) is 3.16. The van der Waals surface area contributed by atoms with Crippen LogP contribution < -0.4 is 5.32 Å². The van der Waals surface area contributed by atoms with Gasteiger partial charge in [-0.3, -0.25) is 4.79 Å². The molecule has 2 aromatic rings. The minimum atomic E-state index is -1.06. The third-order valence-corrected chi connectivity index (χ3v) is 4.50. The lowest BCUT2D eigenvalue weighted by Gasteiger charge is -2.07. The van der Waals surface area contributed by atoms with Crippen LogP contribution in [0.3, 0.4) is 0 Å². The van der Waals surface area contributed by atoms with Crippen molar-refractivity contribution in [1.82, 2.24) is 0 Å². The molecule has 0 aliphatic rings. The summed E-state index contributed by atoms with van der Waals surface area (Å²) in [5, 5.41) is 2.35. The number of carbonyl (C=O) groups excluding carboxylic acids is 3. The molecule has 2 rings (SSSR count). The van der Waals surface area contributed by atoms with E-state index in [1.54, 1.807) is 0 Å². The first-order valence-corrected chi connectivity index (χ1v) is 7.68. The number of esters is 2. The molecule has 0 spiro atoms. The molecule has 132 valence electrons. The highest BCUT2D eigenvalue weighted by Crippen LogP contribution is 2.34. The molecule has 0 radical (unpaired) electrons. The van der Waals surface area contributed by atoms with Crippen molar-refractivity contribution < 1.29 is 32.6 Å². The molecule has 9 heteroatoms. The molecule has 6 nitrogen and oxygen atoms in total. The summed E-state index contributed by atoms with van der Waals surface area (Å²) >= 11 is 0.791. The number of benzene rings is 1. The SMILES string of the molecule is COC(=O)c1sc(NC(=O)c2ccc(F)cc2F)c(C(=O)OC)c1C. The van der Waals surface area contributed by atoms with E-state index >= 15 is 0 Å². The van der Waals surface area contributed by atoms with E-state index in [9.17, 15) is 23.2 Å². The topological polar surface area (TPSA) is 81.7 Å². The summed E-state index contributed by atoms with van der Waals surface area (Å²) in [4.78, 5) is 36.1. The lowest BCUT2D eigenvalue weighted by molar-refractivity contribution is 0.0601. The number of carbonyl (C=O) groups is 3. The summed E-state index contributed by atoms with van der Waals surface area (Å²) in [6.45, 7) is 1.49. The molecule has 0 saturated carbocycles. The third kappa shape index (κ3) is 3.66. The Morgan fingerprint density at radius 1 is 1.08 bits per heavy atom. The van der Waals surface area contributed by atoms with Gasteiger partial charge in [0.15, 0.2) is 0 Å². The van der Waals surface area contributed by atoms with Crippen LogP contribution in [0.2, 0.25) is 0 Å². The molecule has 0 aliphatic carbocycles. The Hall–Kier alpha value is -2.81. The molecule has 0 unspecified atom stereocenters. The van der Waals surface area contributed by atoms with Crippen molar-refractivity contribution in [1.29, 1.82) is 0 Å². The van der Waals surface area contributed by atoms with Gasteiger partial charge in [0.25, 0.3) is 5.91 Å². The monoisotopic (exact) mass is 369 g/mol. The van der Waals surface area contributed by atoms with Crippen molar-refractivity contribution in [2.24, 2.45) is 0 Å². The highest BCUT2D eigenvalue weighted by atomic mass is 32.1. The summed E-state index contributed by atoms with van der Waals surface area (Å²) in [6.07, 6.45) is 0. The van der Waals surface area contributed by atoms with Gasteiger partial charge in [0.2, 0.25) is 0 Å². The van der Waals surface area contributed by atoms with Crippen LogP contribution in [0.4, 0.5) is 13.8 Å². The smallest absolute Gasteiger partial charge is 0.348 e. The number of nitrogens with one attached hydrogen (secondary N) is 1. The summed E-state index contributed by atoms with van der Waals surface area (Å²) in [5.74, 6) is -4.26. The third-order valence-electron chi connectivity index (χ3n) is 3.31. The van der Waals surface area contributed by atoms with Crippen LogP contribution >= 0.6 is 11.3 Å². The molecule has 0 bridgehead atoms. The van der Waals surface area contributed by atoms with Crippen LogP contribution in [0.25, 0.3) is 0 Å². The first-order chi connectivity index (χ1) is 11.8. The Morgan fingerprint density at radius 2 is 1.72 bits per heavy atom. The first-order valence-electron chi connectivity index (χ1n) is 6.86. The maximum Gasteiger partial charge on any atom is 0.348 e. The Morgan fingerprint density at radius 3 is 2.28 bits per heavy atom. The van der Waals surface area contributed by atoms with Gasteiger partial charge in [0.1, 0.15) is 21.5 Å². The summed E-state index contributed by atoms with van der Waals surface area (Å²) in [7, 11) is 2.31. The molecule has 0 fully saturated rings. The quantitative estimate of drug-likeness (QED) is 0.838. The number of thiophene rings is 1. The zero-order valence-corrected chi connectivity index (χ0v) is 14.3. The summed E-state index contributed by atoms with van der Waals surface area (Å²) in [5.41, 5.74) is -0.190. The van der Waals surface area contributed by atoms with E-state index in [-0.39, 0.29) is 21.0 Å². The molecule has 0 atom stereocenters. The van der Waals surface area contributed by atoms with E-state index in [1.165, 1.54) is 14.0 Å². The van der Waals surface area contributed by atoms with Gasteiger partial charge in [-0.2, -0.15) is 0 Å². The molecular formula is C16H13F2NO5S. The second kappa shape index (κ2) is 7.39. The van der Waals surface area contributed by atoms with E-state index in [4.69, 9.17) is 0 Å². The maximum atomic E-state index is 13.7. The average Bonchev–Trinajstić information content (AvgIpc) is 2.89. The molecule has 25 heavy (non-hydrogen) atoms. The number of rotatable bonds is 4. The Balaban J connectivity index is 2.45. The van der Waals surface area contributed by atoms with Crippen LogP contribution in [-0.4, -0.2) is 32.1 Å². The molecule has 1 aromatic carbocycles. The number of anilines is 1. The summed E-state index contributed by atoms with van der Waals surface area (Å²) in [6, 6.07) is 2.47. The molecule has 1 N–H and O–H groups in total. The van der Waals surface area contributed by atoms with Gasteiger partial charge < -0.3 is 14.8 Å². The van der Waals surface area contributed by atoms with Crippen LogP contribution in [0.5, 0.6) is 0 Å². The average molecular weight is 369 g/mol. The first kappa shape index (κ1) is 18.5. The highest BCUT2D eigenvalue weighted by Gasteiger charge is 2.27. The van der Waals surface area contributed by atoms with Gasteiger partial charge in [-0.25, -0.2) is 18.4 Å². The predicted molar refractivity (Wildman–Crippen MR) is 86.0 cm³/mol. The van der Waals surface area contributed by atoms with Gasteiger partial charge in [-0.05, 0) is 24.6 Å². The van der Waals surface area contributed by atoms with Crippen molar-refractivity contribution in [3.8, 4) is 0 Å². The number of ether oxygens (including phenoxy) is 2. The Bertz CT molecular complexity index is 862. The van der Waals surface area contributed by atoms with E-state index in [0.717, 1.165) is 30.6 Å². The summed E-state index contributed by atoms with van der Waals surface area (Å²) < 4.78 is 36.0. The van der Waals surface area contributed by atoms with Crippen molar-refractivity contribution in [2.45, 2.75) is 6.92 Å². The number of amides is 1. The fraction of sp³-hybridized carbons (Fsp3) is 0.188. The standard InChI is InChI=1S/C16H13F2NO5S/c1-7-11(15(21)23-2)14(25-12(7)16(22)24-3)19-13(20)9-5-4-8(17)6-10(9)18/h4-6H,1-3H3,(H,19,20). The minimum Gasteiger partial charge on any atom is -0.465 e. The maximum absolute atomic E-state index is 13.7. The van der Waals surface area contributed by atoms with Crippen LogP contribution in [0.1, 0.15) is 36.0 Å². The van der Waals surface area contributed by atoms with Crippen molar-refractivity contribution in [2.75, 3.05) is 19.5 Å². The van der Waals surface area contributed by atoms with Gasteiger partial charge in [-0.15, -0.1) is 11.3 Å². The largest absolute Gasteiger partial charge is 0.465 e. The zero-order valence-electron chi connectivity index (χ0n) is 13.4. The molecule has 0 saturated heterocycles. The molecule has 1 amide bonds. The van der Waals surface area contributed by atoms with E-state index in [1.807, 2.05) is 0 Å². The van der Waals surface area contributed by atoms with Crippen LogP contribution in [0.15, 0.2) is 18.2 Å². The zero-order chi connectivity index (χ0) is 18.7. The fourth-order valence-electron chi connectivity index (χ4n) is 2.08. The second-order valence-corrected chi connectivity index (χ2v) is 5.84. The van der Waals surface area contributed by atoms with Crippen molar-refractivity contribution in [3.05, 3.63) is 51.4 Å². The van der Waals surface area contributed by atoms with E-state index < -0.39 is 35.0 Å². The molecule has 1 heterocycles. The van der Waals surface area contributed by atoms with Gasteiger partial charge in [0, 0.05) is 6.07 Å². The fourth-order valence-corrected chi connectivity index (χ4v) is 3.19. The van der Waals surface area contributed by atoms with Crippen molar-refractivity contribution in [3.63, 3.8) is 0 Å². The number of methoxy groups -OCH3 is 2. The minimum absolute atomic E-state index is 0.00141. The van der Waals surface area contributed by atoms with Gasteiger partial charge in [-0.1, -0.05) is 0 Å². The Labute approximate surface area is 145 Å².